The normalized spacial score (nSPS) is 12.6. The van der Waals surface area contributed by atoms with E-state index in [1.807, 2.05) is 6.26 Å². The molecule has 1 atom stereocenters. The van der Waals surface area contributed by atoms with Crippen LogP contribution in [-0.4, -0.2) is 23.5 Å². The first-order chi connectivity index (χ1) is 7.95. The van der Waals surface area contributed by atoms with Crippen molar-refractivity contribution in [3.63, 3.8) is 0 Å². The summed E-state index contributed by atoms with van der Waals surface area (Å²) in [5.74, 6) is -0.164. The molecule has 1 rings (SSSR count). The minimum absolute atomic E-state index is 0.00528. The number of carbonyl (C=O) groups is 1. The monoisotopic (exact) mass is 324 g/mol. The first-order valence-electron chi connectivity index (χ1n) is 4.77. The van der Waals surface area contributed by atoms with Crippen molar-refractivity contribution in [2.45, 2.75) is 23.3 Å². The molecule has 0 aliphatic heterocycles. The summed E-state index contributed by atoms with van der Waals surface area (Å²) in [4.78, 5) is 12.2. The molecule has 94 valence electrons. The number of halogens is 3. The second kappa shape index (κ2) is 6.35. The van der Waals surface area contributed by atoms with Gasteiger partial charge in [-0.3, -0.25) is 4.79 Å². The zero-order chi connectivity index (χ0) is 13.0. The fourth-order valence-electron chi connectivity index (χ4n) is 1.27. The minimum Gasteiger partial charge on any atom is -0.435 e. The van der Waals surface area contributed by atoms with Crippen LogP contribution in [0.1, 0.15) is 17.3 Å². The summed E-state index contributed by atoms with van der Waals surface area (Å²) in [7, 11) is 0. The van der Waals surface area contributed by atoms with Gasteiger partial charge in [-0.05, 0) is 31.4 Å². The molecule has 1 aromatic rings. The van der Waals surface area contributed by atoms with Crippen molar-refractivity contribution in [2.75, 3.05) is 6.26 Å². The molecule has 0 saturated heterocycles. The van der Waals surface area contributed by atoms with Gasteiger partial charge in [0.05, 0.1) is 4.83 Å². The number of rotatable bonds is 5. The minimum atomic E-state index is -2.89. The fraction of sp³-hybridized carbons (Fsp3) is 0.364. The van der Waals surface area contributed by atoms with E-state index in [-0.39, 0.29) is 16.4 Å². The van der Waals surface area contributed by atoms with Gasteiger partial charge >= 0.3 is 6.61 Å². The molecule has 0 N–H and O–H groups in total. The Bertz CT molecular complexity index is 410. The molecule has 6 heteroatoms. The van der Waals surface area contributed by atoms with Gasteiger partial charge in [0.15, 0.2) is 5.78 Å². The molecule has 1 unspecified atom stereocenters. The zero-order valence-corrected chi connectivity index (χ0v) is 11.6. The quantitative estimate of drug-likeness (QED) is 0.465. The second-order valence-corrected chi connectivity index (χ2v) is 5.44. The number of ether oxygens (including phenoxy) is 1. The predicted molar refractivity (Wildman–Crippen MR) is 67.6 cm³/mol. The van der Waals surface area contributed by atoms with Crippen molar-refractivity contribution in [3.8, 4) is 5.75 Å². The lowest BCUT2D eigenvalue weighted by Crippen LogP contribution is -2.12. The molecule has 0 spiro atoms. The fourth-order valence-corrected chi connectivity index (χ4v) is 2.10. The van der Waals surface area contributed by atoms with E-state index in [1.54, 1.807) is 13.0 Å². The molecule has 0 heterocycles. The first kappa shape index (κ1) is 14.4. The summed E-state index contributed by atoms with van der Waals surface area (Å²) in [6.07, 6.45) is 1.82. The van der Waals surface area contributed by atoms with Gasteiger partial charge in [-0.1, -0.05) is 15.9 Å². The number of carbonyl (C=O) groups excluding carboxylic acids is 1. The summed E-state index contributed by atoms with van der Waals surface area (Å²) in [5, 5.41) is 0. The van der Waals surface area contributed by atoms with Crippen LogP contribution < -0.4 is 4.74 Å². The van der Waals surface area contributed by atoms with Crippen molar-refractivity contribution < 1.29 is 18.3 Å². The van der Waals surface area contributed by atoms with Crippen LogP contribution >= 0.6 is 27.7 Å². The summed E-state index contributed by atoms with van der Waals surface area (Å²) in [6.45, 7) is -1.20. The molecule has 0 aliphatic carbocycles. The summed E-state index contributed by atoms with van der Waals surface area (Å²) >= 11 is 4.55. The Morgan fingerprint density at radius 3 is 2.59 bits per heavy atom. The Morgan fingerprint density at radius 1 is 1.47 bits per heavy atom. The van der Waals surface area contributed by atoms with Crippen molar-refractivity contribution in [3.05, 3.63) is 23.8 Å². The maximum atomic E-state index is 12.1. The molecule has 2 nitrogen and oxygen atoms in total. The smallest absolute Gasteiger partial charge is 0.387 e. The lowest BCUT2D eigenvalue weighted by molar-refractivity contribution is -0.0499. The Morgan fingerprint density at radius 2 is 2.12 bits per heavy atom. The van der Waals surface area contributed by atoms with Gasteiger partial charge in [-0.25, -0.2) is 0 Å². The number of ketones is 1. The third kappa shape index (κ3) is 3.96. The van der Waals surface area contributed by atoms with Crippen LogP contribution in [0.5, 0.6) is 5.75 Å². The third-order valence-electron chi connectivity index (χ3n) is 2.02. The van der Waals surface area contributed by atoms with Crippen LogP contribution in [0.3, 0.4) is 0 Å². The third-order valence-corrected chi connectivity index (χ3v) is 3.23. The van der Waals surface area contributed by atoms with E-state index in [4.69, 9.17) is 0 Å². The number of hydrogen-bond acceptors (Lipinski definition) is 3. The molecule has 0 saturated carbocycles. The number of Topliss-reactive ketones (excluding diaryl/α,β-unsaturated/α-hetero) is 1. The Balaban J connectivity index is 3.10. The van der Waals surface area contributed by atoms with Crippen LogP contribution in [0, 0.1) is 0 Å². The van der Waals surface area contributed by atoms with Crippen molar-refractivity contribution in [2.24, 2.45) is 0 Å². The van der Waals surface area contributed by atoms with Gasteiger partial charge in [0.25, 0.3) is 0 Å². The SMILES string of the molecule is CSc1ccc(OC(F)F)cc1C(=O)C(C)Br. The van der Waals surface area contributed by atoms with Crippen LogP contribution in [0.15, 0.2) is 23.1 Å². The highest BCUT2D eigenvalue weighted by Gasteiger charge is 2.17. The van der Waals surface area contributed by atoms with Gasteiger partial charge in [0.2, 0.25) is 0 Å². The number of alkyl halides is 3. The molecular weight excluding hydrogens is 314 g/mol. The second-order valence-electron chi connectivity index (χ2n) is 3.22. The maximum Gasteiger partial charge on any atom is 0.387 e. The molecule has 0 radical (unpaired) electrons. The molecule has 1 aromatic carbocycles. The lowest BCUT2D eigenvalue weighted by atomic mass is 10.1. The summed E-state index contributed by atoms with van der Waals surface area (Å²) in [6, 6.07) is 4.37. The van der Waals surface area contributed by atoms with Crippen LogP contribution in [-0.2, 0) is 0 Å². The van der Waals surface area contributed by atoms with Gasteiger partial charge in [-0.2, -0.15) is 8.78 Å². The van der Waals surface area contributed by atoms with E-state index in [0.29, 0.717) is 5.56 Å². The van der Waals surface area contributed by atoms with Crippen LogP contribution in [0.2, 0.25) is 0 Å². The Labute approximate surface area is 111 Å². The van der Waals surface area contributed by atoms with E-state index in [1.165, 1.54) is 23.9 Å². The van der Waals surface area contributed by atoms with Gasteiger partial charge < -0.3 is 4.74 Å². The molecule has 0 bridgehead atoms. The molecule has 0 aromatic heterocycles. The van der Waals surface area contributed by atoms with Crippen molar-refractivity contribution in [1.29, 1.82) is 0 Å². The predicted octanol–water partition coefficient (Wildman–Crippen LogP) is 3.98. The van der Waals surface area contributed by atoms with Gasteiger partial charge in [0, 0.05) is 10.5 Å². The standard InChI is InChI=1S/C11H11BrF2O2S/c1-6(12)10(15)8-5-7(16-11(13)14)3-4-9(8)17-2/h3-6,11H,1-2H3. The highest BCUT2D eigenvalue weighted by atomic mass is 79.9. The average Bonchev–Trinajstić information content (AvgIpc) is 2.27. The Kier molecular flexibility index (Phi) is 5.39. The summed E-state index contributed by atoms with van der Waals surface area (Å²) in [5.41, 5.74) is 0.389. The molecule has 0 aliphatic rings. The van der Waals surface area contributed by atoms with Crippen molar-refractivity contribution >= 4 is 33.5 Å². The van der Waals surface area contributed by atoms with E-state index >= 15 is 0 Å². The first-order valence-corrected chi connectivity index (χ1v) is 6.91. The van der Waals surface area contributed by atoms with Crippen LogP contribution in [0.25, 0.3) is 0 Å². The van der Waals surface area contributed by atoms with E-state index in [0.717, 1.165) is 4.90 Å². The van der Waals surface area contributed by atoms with E-state index in [2.05, 4.69) is 20.7 Å². The topological polar surface area (TPSA) is 26.3 Å². The number of hydrogen-bond donors (Lipinski definition) is 0. The molecule has 0 fully saturated rings. The van der Waals surface area contributed by atoms with Crippen molar-refractivity contribution in [1.82, 2.24) is 0 Å². The Hall–Kier alpha value is -0.620. The zero-order valence-electron chi connectivity index (χ0n) is 9.25. The molecule has 17 heavy (non-hydrogen) atoms. The number of thioether (sulfide) groups is 1. The molecule has 0 amide bonds. The largest absolute Gasteiger partial charge is 0.435 e. The lowest BCUT2D eigenvalue weighted by Gasteiger charge is -2.11. The van der Waals surface area contributed by atoms with Gasteiger partial charge in [-0.15, -0.1) is 11.8 Å². The van der Waals surface area contributed by atoms with E-state index < -0.39 is 6.61 Å². The number of benzene rings is 1. The summed E-state index contributed by atoms with van der Waals surface area (Å²) < 4.78 is 28.4. The van der Waals surface area contributed by atoms with Gasteiger partial charge in [0.1, 0.15) is 5.75 Å². The van der Waals surface area contributed by atoms with Crippen LogP contribution in [0.4, 0.5) is 8.78 Å². The average molecular weight is 325 g/mol. The molecular formula is C11H11BrF2O2S. The highest BCUT2D eigenvalue weighted by molar-refractivity contribution is 9.10. The van der Waals surface area contributed by atoms with E-state index in [9.17, 15) is 13.6 Å². The maximum absolute atomic E-state index is 12.1. The highest BCUT2D eigenvalue weighted by Crippen LogP contribution is 2.28.